The average molecular weight is 410 g/mol. The summed E-state index contributed by atoms with van der Waals surface area (Å²) in [4.78, 5) is 3.78. The number of ether oxygens (including phenoxy) is 1. The van der Waals surface area contributed by atoms with Crippen LogP contribution in [0.1, 0.15) is 24.0 Å². The minimum Gasteiger partial charge on any atom is -0.475 e. The Kier molecular flexibility index (Phi) is 6.39. The number of benzene rings is 1. The fourth-order valence-electron chi connectivity index (χ4n) is 2.61. The lowest BCUT2D eigenvalue weighted by Gasteiger charge is -2.37. The van der Waals surface area contributed by atoms with Crippen LogP contribution in [0.15, 0.2) is 36.5 Å². The second kappa shape index (κ2) is 8.00. The van der Waals surface area contributed by atoms with Gasteiger partial charge in [0.25, 0.3) is 0 Å². The molecule has 0 aliphatic rings. The van der Waals surface area contributed by atoms with Crippen molar-refractivity contribution < 1.29 is 28.1 Å². The molecule has 0 amide bonds. The number of hydrogen-bond donors (Lipinski definition) is 2. The molecular formula is C17H16Cl2F3NO3. The number of aliphatic hydroxyl groups excluding tert-OH is 1. The number of nitrogens with zero attached hydrogens (tertiary/aromatic N) is 1. The number of rotatable bonds is 6. The van der Waals surface area contributed by atoms with Crippen LogP contribution in [0.25, 0.3) is 0 Å². The molecule has 0 aliphatic heterocycles. The minimum absolute atomic E-state index is 0.0125. The number of hydrogen-bond acceptors (Lipinski definition) is 4. The molecule has 2 atom stereocenters. The number of halogens is 5. The highest BCUT2D eigenvalue weighted by Gasteiger charge is 2.59. The van der Waals surface area contributed by atoms with Crippen molar-refractivity contribution in [1.82, 2.24) is 4.98 Å². The molecule has 0 aliphatic carbocycles. The summed E-state index contributed by atoms with van der Waals surface area (Å²) in [5.41, 5.74) is -3.61. The fraction of sp³-hybridized carbons (Fsp3) is 0.353. The zero-order chi connectivity index (χ0) is 19.5. The predicted octanol–water partition coefficient (Wildman–Crippen LogP) is 4.31. The van der Waals surface area contributed by atoms with E-state index >= 15 is 0 Å². The first-order chi connectivity index (χ1) is 12.1. The Balaban J connectivity index is 2.55. The summed E-state index contributed by atoms with van der Waals surface area (Å²) in [6, 6.07) is 6.10. The third-order valence-electron chi connectivity index (χ3n) is 4.00. The zero-order valence-corrected chi connectivity index (χ0v) is 15.1. The normalized spacial score (nSPS) is 15.4. The highest BCUT2D eigenvalue weighted by atomic mass is 35.5. The van der Waals surface area contributed by atoms with E-state index in [1.165, 1.54) is 25.1 Å². The molecule has 1 heterocycles. The van der Waals surface area contributed by atoms with Crippen LogP contribution in [-0.4, -0.2) is 34.6 Å². The van der Waals surface area contributed by atoms with Crippen molar-refractivity contribution in [2.24, 2.45) is 0 Å². The van der Waals surface area contributed by atoms with E-state index in [9.17, 15) is 18.3 Å². The van der Waals surface area contributed by atoms with Crippen molar-refractivity contribution in [3.05, 3.63) is 57.7 Å². The molecule has 0 saturated heterocycles. The zero-order valence-electron chi connectivity index (χ0n) is 13.6. The number of alkyl halides is 3. The first-order valence-electron chi connectivity index (χ1n) is 7.55. The van der Waals surface area contributed by atoms with Gasteiger partial charge in [-0.2, -0.15) is 13.2 Å². The van der Waals surface area contributed by atoms with E-state index in [1.807, 2.05) is 0 Å². The van der Waals surface area contributed by atoms with Crippen molar-refractivity contribution >= 4 is 23.2 Å². The van der Waals surface area contributed by atoms with Crippen molar-refractivity contribution in [2.45, 2.75) is 24.6 Å². The van der Waals surface area contributed by atoms with Crippen LogP contribution in [0.5, 0.6) is 5.88 Å². The molecule has 2 rings (SSSR count). The lowest BCUT2D eigenvalue weighted by Crippen LogP contribution is -2.46. The fourth-order valence-corrected chi connectivity index (χ4v) is 3.18. The molecular weight excluding hydrogens is 394 g/mol. The molecule has 9 heteroatoms. The number of aliphatic hydroxyl groups is 2. The van der Waals surface area contributed by atoms with E-state index in [4.69, 9.17) is 33.0 Å². The van der Waals surface area contributed by atoms with E-state index in [0.717, 1.165) is 18.3 Å². The maximum absolute atomic E-state index is 13.9. The molecule has 1 aromatic carbocycles. The Hall–Kier alpha value is -1.54. The van der Waals surface area contributed by atoms with Crippen LogP contribution < -0.4 is 4.74 Å². The third kappa shape index (κ3) is 4.06. The summed E-state index contributed by atoms with van der Waals surface area (Å²) < 4.78 is 46.7. The Morgan fingerprint density at radius 3 is 2.46 bits per heavy atom. The summed E-state index contributed by atoms with van der Waals surface area (Å²) >= 11 is 11.8. The molecule has 142 valence electrons. The molecule has 4 nitrogen and oxygen atoms in total. The molecule has 26 heavy (non-hydrogen) atoms. The van der Waals surface area contributed by atoms with Gasteiger partial charge in [-0.05, 0) is 23.8 Å². The van der Waals surface area contributed by atoms with Gasteiger partial charge in [-0.15, -0.1) is 0 Å². The molecule has 2 aromatic rings. The Morgan fingerprint density at radius 2 is 1.88 bits per heavy atom. The second-order valence-electron chi connectivity index (χ2n) is 5.61. The largest absolute Gasteiger partial charge is 0.475 e. The van der Waals surface area contributed by atoms with Gasteiger partial charge in [-0.25, -0.2) is 4.98 Å². The van der Waals surface area contributed by atoms with E-state index in [2.05, 4.69) is 4.98 Å². The summed E-state index contributed by atoms with van der Waals surface area (Å²) in [6.45, 7) is 0.753. The Morgan fingerprint density at radius 1 is 1.19 bits per heavy atom. The molecule has 1 aromatic heterocycles. The topological polar surface area (TPSA) is 62.6 Å². The maximum Gasteiger partial charge on any atom is 0.422 e. The van der Waals surface area contributed by atoms with Crippen molar-refractivity contribution in [2.75, 3.05) is 13.2 Å². The Bertz CT molecular complexity index is 773. The summed E-state index contributed by atoms with van der Waals surface area (Å²) in [7, 11) is 0. The Labute approximate surface area is 158 Å². The van der Waals surface area contributed by atoms with E-state index < -0.39 is 23.3 Å². The monoisotopic (exact) mass is 409 g/mol. The minimum atomic E-state index is -5.01. The average Bonchev–Trinajstić information content (AvgIpc) is 2.58. The highest BCUT2D eigenvalue weighted by Crippen LogP contribution is 2.50. The molecule has 2 N–H and O–H groups in total. The van der Waals surface area contributed by atoms with Crippen molar-refractivity contribution in [3.8, 4) is 5.88 Å². The van der Waals surface area contributed by atoms with Crippen LogP contribution in [0.2, 0.25) is 10.0 Å². The lowest BCUT2D eigenvalue weighted by molar-refractivity contribution is -0.274. The predicted molar refractivity (Wildman–Crippen MR) is 91.6 cm³/mol. The van der Waals surface area contributed by atoms with Crippen LogP contribution in [0.4, 0.5) is 13.2 Å². The van der Waals surface area contributed by atoms with Crippen molar-refractivity contribution in [1.29, 1.82) is 0 Å². The summed E-state index contributed by atoms with van der Waals surface area (Å²) in [6.07, 6.45) is -3.92. The van der Waals surface area contributed by atoms with Gasteiger partial charge in [-0.1, -0.05) is 36.2 Å². The summed E-state index contributed by atoms with van der Waals surface area (Å²) in [5.74, 6) is -1.59. The highest BCUT2D eigenvalue weighted by molar-refractivity contribution is 6.35. The van der Waals surface area contributed by atoms with Crippen LogP contribution in [0, 0.1) is 0 Å². The standard InChI is InChI=1S/C17H16Cl2F3NO3/c1-10(13-3-2-12(18)9-14(13)19)16(25,17(20,21)22)11-4-5-23-15(8-11)26-7-6-24/h2-5,8-10,24-25H,6-7H2,1H3. The first kappa shape index (κ1) is 20.8. The van der Waals surface area contributed by atoms with Gasteiger partial charge in [0.05, 0.1) is 6.61 Å². The van der Waals surface area contributed by atoms with Gasteiger partial charge in [0.2, 0.25) is 5.88 Å². The second-order valence-corrected chi connectivity index (χ2v) is 6.45. The van der Waals surface area contributed by atoms with Crippen molar-refractivity contribution in [3.63, 3.8) is 0 Å². The van der Waals surface area contributed by atoms with E-state index in [1.54, 1.807) is 0 Å². The first-order valence-corrected chi connectivity index (χ1v) is 8.31. The smallest absolute Gasteiger partial charge is 0.422 e. The van der Waals surface area contributed by atoms with Gasteiger partial charge >= 0.3 is 6.18 Å². The van der Waals surface area contributed by atoms with Gasteiger partial charge in [-0.3, -0.25) is 0 Å². The maximum atomic E-state index is 13.9. The third-order valence-corrected chi connectivity index (χ3v) is 4.57. The van der Waals surface area contributed by atoms with Crippen LogP contribution in [-0.2, 0) is 5.60 Å². The molecule has 0 radical (unpaired) electrons. The molecule has 2 unspecified atom stereocenters. The SMILES string of the molecule is CC(c1ccc(Cl)cc1Cl)C(O)(c1ccnc(OCCO)c1)C(F)(F)F. The molecule has 0 fully saturated rings. The van der Waals surface area contributed by atoms with Gasteiger partial charge in [0.15, 0.2) is 5.60 Å². The number of aromatic nitrogens is 1. The summed E-state index contributed by atoms with van der Waals surface area (Å²) in [5, 5.41) is 19.8. The van der Waals surface area contributed by atoms with E-state index in [-0.39, 0.29) is 34.7 Å². The van der Waals surface area contributed by atoms with Gasteiger partial charge < -0.3 is 14.9 Å². The van der Waals surface area contributed by atoms with Gasteiger partial charge in [0.1, 0.15) is 6.61 Å². The van der Waals surface area contributed by atoms with Crippen LogP contribution in [0.3, 0.4) is 0 Å². The molecule has 0 bridgehead atoms. The molecule has 0 spiro atoms. The number of pyridine rings is 1. The molecule has 0 saturated carbocycles. The lowest BCUT2D eigenvalue weighted by atomic mass is 9.78. The quantitative estimate of drug-likeness (QED) is 0.745. The van der Waals surface area contributed by atoms with Gasteiger partial charge in [0, 0.05) is 33.8 Å². The van der Waals surface area contributed by atoms with E-state index in [0.29, 0.717) is 0 Å². The van der Waals surface area contributed by atoms with Crippen LogP contribution >= 0.6 is 23.2 Å².